The summed E-state index contributed by atoms with van der Waals surface area (Å²) in [4.78, 5) is 33.6. The number of aromatic hydroxyl groups is 1. The molecule has 1 fully saturated rings. The number of aromatic amines is 1. The van der Waals surface area contributed by atoms with Crippen molar-refractivity contribution in [1.29, 1.82) is 0 Å². The van der Waals surface area contributed by atoms with Gasteiger partial charge in [-0.2, -0.15) is 0 Å². The second-order valence-corrected chi connectivity index (χ2v) is 8.22. The average Bonchev–Trinajstić information content (AvgIpc) is 3.03. The lowest BCUT2D eigenvalue weighted by Crippen LogP contribution is -2.49. The summed E-state index contributed by atoms with van der Waals surface area (Å²) >= 11 is 3.43. The minimum absolute atomic E-state index is 0.00806. The minimum Gasteiger partial charge on any atom is -0.494 e. The van der Waals surface area contributed by atoms with Crippen molar-refractivity contribution in [2.75, 3.05) is 32.7 Å². The molecule has 0 radical (unpaired) electrons. The Morgan fingerprint density at radius 3 is 2.94 bits per heavy atom. The molecule has 0 bridgehead atoms. The van der Waals surface area contributed by atoms with E-state index in [0.717, 1.165) is 16.6 Å². The van der Waals surface area contributed by atoms with Crippen molar-refractivity contribution in [2.45, 2.75) is 13.8 Å². The minimum atomic E-state index is -0.196. The molecule has 0 aromatic carbocycles. The number of allylic oxidation sites excluding steroid dienone is 1. The number of nitrogens with zero attached hydrogens (tertiary/aromatic N) is 2. The highest BCUT2D eigenvalue weighted by Crippen LogP contribution is 2.28. The fourth-order valence-corrected chi connectivity index (χ4v) is 3.70. The lowest BCUT2D eigenvalue weighted by atomic mass is 10.0. The summed E-state index contributed by atoms with van der Waals surface area (Å²) in [5.74, 6) is -0.202. The van der Waals surface area contributed by atoms with E-state index < -0.39 is 0 Å². The first-order valence-electron chi connectivity index (χ1n) is 10.0. The van der Waals surface area contributed by atoms with Crippen molar-refractivity contribution >= 4 is 39.5 Å². The van der Waals surface area contributed by atoms with Crippen LogP contribution in [0.1, 0.15) is 19.4 Å². The number of carbonyl (C=O) groups is 2. The van der Waals surface area contributed by atoms with Gasteiger partial charge in [0.15, 0.2) is 5.88 Å². The maximum Gasteiger partial charge on any atom is 0.253 e. The predicted molar refractivity (Wildman–Crippen MR) is 124 cm³/mol. The Hall–Kier alpha value is -2.91. The molecule has 3 rings (SSSR count). The van der Waals surface area contributed by atoms with Crippen LogP contribution in [0.5, 0.6) is 5.88 Å². The van der Waals surface area contributed by atoms with Gasteiger partial charge in [-0.25, -0.2) is 0 Å². The number of hydrogen-bond acceptors (Lipinski definition) is 5. The number of nitrogens with one attached hydrogen (secondary N) is 3. The number of halogens is 1. The lowest BCUT2D eigenvalue weighted by molar-refractivity contribution is -0.124. The highest BCUT2D eigenvalue weighted by atomic mass is 79.9. The van der Waals surface area contributed by atoms with E-state index in [1.165, 1.54) is 0 Å². The van der Waals surface area contributed by atoms with Crippen molar-refractivity contribution < 1.29 is 14.7 Å². The SMILES string of the molecule is CC1=NC(=Cc2ccc(Br)ccc[nH]c2O)C(C)=C1C(=O)NCCN1CCNC(=O)C1. The number of amides is 2. The fraction of sp³-hybridized carbons (Fsp3) is 0.318. The standard InChI is InChI=1S/C22H26BrN5O3/c1-14-18(12-16-5-6-17(23)4-3-7-25-21(16)30)27-15(2)20(14)22(31)26-9-11-28-10-8-24-19(29)13-28/h3-7,12,25,30H,8-11,13H2,1-2H3,(H,24,29)(H,26,31). The number of piperazine rings is 1. The fourth-order valence-electron chi connectivity index (χ4n) is 3.41. The molecule has 1 aromatic rings. The topological polar surface area (TPSA) is 110 Å². The number of hydrogen-bond donors (Lipinski definition) is 4. The first kappa shape index (κ1) is 22.8. The summed E-state index contributed by atoms with van der Waals surface area (Å²) in [6.45, 7) is 6.45. The molecule has 31 heavy (non-hydrogen) atoms. The number of rotatable bonds is 5. The van der Waals surface area contributed by atoms with Crippen molar-refractivity contribution in [3.8, 4) is 5.88 Å². The van der Waals surface area contributed by atoms with E-state index in [9.17, 15) is 14.7 Å². The van der Waals surface area contributed by atoms with E-state index in [1.807, 2.05) is 24.0 Å². The van der Waals surface area contributed by atoms with E-state index in [0.29, 0.717) is 48.7 Å². The highest BCUT2D eigenvalue weighted by Gasteiger charge is 2.24. The van der Waals surface area contributed by atoms with Gasteiger partial charge in [0.05, 0.1) is 23.5 Å². The van der Waals surface area contributed by atoms with Gasteiger partial charge in [0.2, 0.25) is 5.91 Å². The monoisotopic (exact) mass is 487 g/mol. The van der Waals surface area contributed by atoms with E-state index in [1.54, 1.807) is 31.3 Å². The van der Waals surface area contributed by atoms with Gasteiger partial charge in [0.1, 0.15) is 0 Å². The number of H-pyrrole nitrogens is 1. The first-order valence-corrected chi connectivity index (χ1v) is 10.8. The third-order valence-corrected chi connectivity index (χ3v) is 5.56. The van der Waals surface area contributed by atoms with Crippen LogP contribution < -0.4 is 10.6 Å². The Bertz CT molecular complexity index is 1020. The smallest absolute Gasteiger partial charge is 0.253 e. The molecule has 1 aromatic heterocycles. The second kappa shape index (κ2) is 10.4. The molecule has 8 nitrogen and oxygen atoms in total. The maximum absolute atomic E-state index is 12.8. The molecule has 1 saturated heterocycles. The molecule has 0 aliphatic carbocycles. The third-order valence-electron chi connectivity index (χ3n) is 5.03. The molecule has 0 atom stereocenters. The molecule has 4 N–H and O–H groups in total. The van der Waals surface area contributed by atoms with Gasteiger partial charge >= 0.3 is 0 Å². The molecule has 2 aliphatic heterocycles. The number of carbonyl (C=O) groups excluding carboxylic acids is 2. The van der Waals surface area contributed by atoms with Crippen LogP contribution in [0.3, 0.4) is 0 Å². The largest absolute Gasteiger partial charge is 0.494 e. The Labute approximate surface area is 189 Å². The number of aliphatic imine (C=N–C) groups is 1. The molecule has 0 saturated carbocycles. The van der Waals surface area contributed by atoms with Crippen LogP contribution in [0.25, 0.3) is 6.08 Å². The number of aromatic nitrogens is 1. The Kier molecular flexibility index (Phi) is 7.64. The summed E-state index contributed by atoms with van der Waals surface area (Å²) in [5, 5.41) is 16.0. The van der Waals surface area contributed by atoms with Gasteiger partial charge in [-0.3, -0.25) is 19.5 Å². The van der Waals surface area contributed by atoms with Gasteiger partial charge in [0.25, 0.3) is 5.91 Å². The van der Waals surface area contributed by atoms with E-state index in [-0.39, 0.29) is 17.7 Å². The molecular formula is C22H26BrN5O3. The van der Waals surface area contributed by atoms with Gasteiger partial charge < -0.3 is 20.7 Å². The first-order chi connectivity index (χ1) is 14.8. The summed E-state index contributed by atoms with van der Waals surface area (Å²) in [6.07, 6.45) is 3.36. The molecule has 9 heteroatoms. The third kappa shape index (κ3) is 6.05. The molecular weight excluding hydrogens is 462 g/mol. The average molecular weight is 488 g/mol. The molecule has 164 valence electrons. The highest BCUT2D eigenvalue weighted by molar-refractivity contribution is 9.10. The van der Waals surface area contributed by atoms with Crippen LogP contribution in [-0.2, 0) is 9.59 Å². The summed E-state index contributed by atoms with van der Waals surface area (Å²) in [7, 11) is 0. The van der Waals surface area contributed by atoms with Crippen molar-refractivity contribution in [3.05, 3.63) is 57.3 Å². The lowest BCUT2D eigenvalue weighted by Gasteiger charge is -2.26. The molecule has 0 unspecified atom stereocenters. The van der Waals surface area contributed by atoms with Crippen LogP contribution in [0, 0.1) is 0 Å². The van der Waals surface area contributed by atoms with E-state index in [4.69, 9.17) is 0 Å². The molecule has 3 heterocycles. The van der Waals surface area contributed by atoms with Gasteiger partial charge in [0, 0.05) is 42.4 Å². The summed E-state index contributed by atoms with van der Waals surface area (Å²) in [5.41, 5.74) is 3.05. The molecule has 0 spiro atoms. The zero-order valence-corrected chi connectivity index (χ0v) is 19.1. The van der Waals surface area contributed by atoms with Crippen LogP contribution >= 0.6 is 15.9 Å². The Morgan fingerprint density at radius 2 is 2.16 bits per heavy atom. The Balaban J connectivity index is 1.75. The quantitative estimate of drug-likeness (QED) is 0.510. The molecule has 2 aliphatic rings. The van der Waals surface area contributed by atoms with E-state index >= 15 is 0 Å². The zero-order valence-electron chi connectivity index (χ0n) is 17.5. The summed E-state index contributed by atoms with van der Waals surface area (Å²) < 4.78 is 0.848. The second-order valence-electron chi connectivity index (χ2n) is 7.30. The molecule has 2 amide bonds. The van der Waals surface area contributed by atoms with Crippen LogP contribution in [0.2, 0.25) is 0 Å². The van der Waals surface area contributed by atoms with Crippen LogP contribution in [-0.4, -0.2) is 65.2 Å². The van der Waals surface area contributed by atoms with Gasteiger partial charge in [-0.1, -0.05) is 15.9 Å². The van der Waals surface area contributed by atoms with Crippen molar-refractivity contribution in [3.63, 3.8) is 0 Å². The van der Waals surface area contributed by atoms with Crippen LogP contribution in [0.4, 0.5) is 0 Å². The maximum atomic E-state index is 12.8. The zero-order chi connectivity index (χ0) is 22.4. The Morgan fingerprint density at radius 1 is 1.35 bits per heavy atom. The van der Waals surface area contributed by atoms with Crippen molar-refractivity contribution in [2.24, 2.45) is 4.99 Å². The normalized spacial score (nSPS) is 18.0. The van der Waals surface area contributed by atoms with Gasteiger partial charge in [-0.05, 0) is 49.8 Å². The summed E-state index contributed by atoms with van der Waals surface area (Å²) in [6, 6.07) is 7.18. The predicted octanol–water partition coefficient (Wildman–Crippen LogP) is 2.29. The van der Waals surface area contributed by atoms with Crippen LogP contribution in [0.15, 0.2) is 56.8 Å². The van der Waals surface area contributed by atoms with Crippen molar-refractivity contribution in [1.82, 2.24) is 20.5 Å². The van der Waals surface area contributed by atoms with Gasteiger partial charge in [-0.15, -0.1) is 0 Å². The van der Waals surface area contributed by atoms with E-state index in [2.05, 4.69) is 36.5 Å².